The van der Waals surface area contributed by atoms with Crippen molar-refractivity contribution in [2.75, 3.05) is 19.8 Å². The molecule has 0 spiro atoms. The molecule has 1 unspecified atom stereocenters. The number of hydrogen-bond acceptors (Lipinski definition) is 6. The van der Waals surface area contributed by atoms with E-state index in [1.54, 1.807) is 6.07 Å². The molecule has 0 aliphatic heterocycles. The molecule has 0 aliphatic rings. The molecule has 0 heterocycles. The molecule has 6 nitrogen and oxygen atoms in total. The Bertz CT molecular complexity index is 688. The molecule has 0 amide bonds. The third kappa shape index (κ3) is 15.0. The largest absolute Gasteiger partial charge is 0.508 e. The molecule has 0 aromatic heterocycles. The summed E-state index contributed by atoms with van der Waals surface area (Å²) in [5.41, 5.74) is 1.16. The van der Waals surface area contributed by atoms with Crippen molar-refractivity contribution in [1.82, 2.24) is 0 Å². The van der Waals surface area contributed by atoms with Crippen LogP contribution in [-0.2, 0) is 14.9 Å². The molecule has 1 rings (SSSR count). The number of phenols is 1. The SMILES string of the molecule is CCCCCCC(C)(C)c1cc(O)cc(OCCCCCCCCCCC(=O)OCC(O)CO)c1. The van der Waals surface area contributed by atoms with E-state index in [1.165, 1.54) is 38.5 Å². The van der Waals surface area contributed by atoms with Crippen LogP contribution in [0.25, 0.3) is 0 Å². The lowest BCUT2D eigenvalue weighted by Crippen LogP contribution is -2.21. The van der Waals surface area contributed by atoms with Gasteiger partial charge in [0.2, 0.25) is 0 Å². The van der Waals surface area contributed by atoms with Crippen molar-refractivity contribution in [3.63, 3.8) is 0 Å². The number of hydrogen-bond donors (Lipinski definition) is 3. The Labute approximate surface area is 213 Å². The van der Waals surface area contributed by atoms with Gasteiger partial charge in [-0.3, -0.25) is 4.79 Å². The van der Waals surface area contributed by atoms with Gasteiger partial charge in [0, 0.05) is 12.5 Å². The number of aliphatic hydroxyl groups excluding tert-OH is 2. The Morgan fingerprint density at radius 3 is 2.20 bits per heavy atom. The number of phenolic OH excluding ortho intramolecular Hbond substituents is 1. The minimum Gasteiger partial charge on any atom is -0.508 e. The van der Waals surface area contributed by atoms with Crippen LogP contribution in [0, 0.1) is 0 Å². The summed E-state index contributed by atoms with van der Waals surface area (Å²) in [6.07, 6.45) is 14.0. The monoisotopic (exact) mass is 494 g/mol. The second-order valence-electron chi connectivity index (χ2n) is 10.4. The Kier molecular flexibility index (Phi) is 16.5. The number of carbonyl (C=O) groups is 1. The summed E-state index contributed by atoms with van der Waals surface area (Å²) >= 11 is 0. The second kappa shape index (κ2) is 18.5. The summed E-state index contributed by atoms with van der Waals surface area (Å²) in [6.45, 7) is 6.84. The molecule has 3 N–H and O–H groups in total. The van der Waals surface area contributed by atoms with Crippen LogP contribution in [0.3, 0.4) is 0 Å². The van der Waals surface area contributed by atoms with Crippen LogP contribution in [0.5, 0.6) is 11.5 Å². The molecule has 0 radical (unpaired) electrons. The third-order valence-corrected chi connectivity index (χ3v) is 6.52. The summed E-state index contributed by atoms with van der Waals surface area (Å²) in [6, 6.07) is 5.67. The van der Waals surface area contributed by atoms with Crippen LogP contribution in [0.1, 0.15) is 116 Å². The van der Waals surface area contributed by atoms with Crippen molar-refractivity contribution in [2.45, 2.75) is 122 Å². The minimum atomic E-state index is -0.987. The Morgan fingerprint density at radius 1 is 0.914 bits per heavy atom. The molecule has 0 aliphatic carbocycles. The summed E-state index contributed by atoms with van der Waals surface area (Å²) < 4.78 is 10.8. The van der Waals surface area contributed by atoms with Gasteiger partial charge in [0.15, 0.2) is 0 Å². The van der Waals surface area contributed by atoms with E-state index in [4.69, 9.17) is 19.7 Å². The molecule has 0 bridgehead atoms. The second-order valence-corrected chi connectivity index (χ2v) is 10.4. The number of rotatable bonds is 21. The molecular formula is C29H50O6. The first kappa shape index (κ1) is 31.2. The third-order valence-electron chi connectivity index (χ3n) is 6.52. The highest BCUT2D eigenvalue weighted by atomic mass is 16.5. The highest BCUT2D eigenvalue weighted by molar-refractivity contribution is 5.69. The molecular weight excluding hydrogens is 444 g/mol. The van der Waals surface area contributed by atoms with Crippen LogP contribution in [-0.4, -0.2) is 47.2 Å². The standard InChI is InChI=1S/C29H50O6/c1-4-5-6-14-17-29(2,3)24-19-25(31)21-27(20-24)34-18-15-12-10-8-7-9-11-13-16-28(33)35-23-26(32)22-30/h19-21,26,30-32H,4-18,22-23H2,1-3H3. The van der Waals surface area contributed by atoms with Gasteiger partial charge >= 0.3 is 5.97 Å². The van der Waals surface area contributed by atoms with Crippen molar-refractivity contribution >= 4 is 5.97 Å². The molecule has 202 valence electrons. The van der Waals surface area contributed by atoms with Crippen molar-refractivity contribution in [3.8, 4) is 11.5 Å². The van der Waals surface area contributed by atoms with Gasteiger partial charge in [-0.2, -0.15) is 0 Å². The first-order chi connectivity index (χ1) is 16.8. The van der Waals surface area contributed by atoms with Gasteiger partial charge in [-0.05, 0) is 42.4 Å². The molecule has 35 heavy (non-hydrogen) atoms. The number of aromatic hydroxyl groups is 1. The van der Waals surface area contributed by atoms with Crippen LogP contribution in [0.4, 0.5) is 0 Å². The molecule has 1 atom stereocenters. The fraction of sp³-hybridized carbons (Fsp3) is 0.759. The number of benzene rings is 1. The van der Waals surface area contributed by atoms with E-state index in [9.17, 15) is 9.90 Å². The topological polar surface area (TPSA) is 96.2 Å². The van der Waals surface area contributed by atoms with Gasteiger partial charge < -0.3 is 24.8 Å². The number of esters is 1. The van der Waals surface area contributed by atoms with E-state index in [2.05, 4.69) is 26.8 Å². The fourth-order valence-corrected chi connectivity index (χ4v) is 4.13. The van der Waals surface area contributed by atoms with Gasteiger partial charge in [-0.1, -0.05) is 85.0 Å². The summed E-state index contributed by atoms with van der Waals surface area (Å²) in [5, 5.41) is 28.0. The summed E-state index contributed by atoms with van der Waals surface area (Å²) in [4.78, 5) is 11.5. The van der Waals surface area contributed by atoms with Crippen LogP contribution in [0.15, 0.2) is 18.2 Å². The number of unbranched alkanes of at least 4 members (excludes halogenated alkanes) is 10. The molecule has 0 saturated heterocycles. The first-order valence-electron chi connectivity index (χ1n) is 13.7. The van der Waals surface area contributed by atoms with E-state index < -0.39 is 12.7 Å². The van der Waals surface area contributed by atoms with E-state index in [0.717, 1.165) is 56.3 Å². The average molecular weight is 495 g/mol. The first-order valence-corrected chi connectivity index (χ1v) is 13.7. The van der Waals surface area contributed by atoms with Crippen molar-refractivity contribution in [1.29, 1.82) is 0 Å². The van der Waals surface area contributed by atoms with Gasteiger partial charge in [0.1, 0.15) is 24.2 Å². The Morgan fingerprint density at radius 2 is 1.54 bits per heavy atom. The molecule has 0 saturated carbocycles. The number of aliphatic hydroxyl groups is 2. The van der Waals surface area contributed by atoms with E-state index >= 15 is 0 Å². The average Bonchev–Trinajstić information content (AvgIpc) is 2.83. The molecule has 1 aromatic carbocycles. The van der Waals surface area contributed by atoms with Crippen LogP contribution >= 0.6 is 0 Å². The number of ether oxygens (including phenoxy) is 2. The van der Waals surface area contributed by atoms with E-state index in [-0.39, 0.29) is 23.7 Å². The summed E-state index contributed by atoms with van der Waals surface area (Å²) in [5.74, 6) is 0.716. The number of carbonyl (C=O) groups excluding carboxylic acids is 1. The van der Waals surface area contributed by atoms with E-state index in [1.807, 2.05) is 6.07 Å². The Hall–Kier alpha value is -1.79. The zero-order chi connectivity index (χ0) is 25.9. The lowest BCUT2D eigenvalue weighted by Gasteiger charge is -2.26. The van der Waals surface area contributed by atoms with E-state index in [0.29, 0.717) is 13.0 Å². The smallest absolute Gasteiger partial charge is 0.305 e. The van der Waals surface area contributed by atoms with Crippen molar-refractivity contribution in [3.05, 3.63) is 23.8 Å². The lowest BCUT2D eigenvalue weighted by atomic mass is 9.80. The predicted molar refractivity (Wildman–Crippen MR) is 141 cm³/mol. The Balaban J connectivity index is 2.13. The van der Waals surface area contributed by atoms with Crippen molar-refractivity contribution < 1.29 is 29.6 Å². The predicted octanol–water partition coefficient (Wildman–Crippen LogP) is 6.43. The fourth-order valence-electron chi connectivity index (χ4n) is 4.13. The maximum atomic E-state index is 11.5. The maximum absolute atomic E-state index is 11.5. The van der Waals surface area contributed by atoms with Crippen molar-refractivity contribution in [2.24, 2.45) is 0 Å². The molecule has 6 heteroatoms. The van der Waals surface area contributed by atoms with Gasteiger partial charge in [-0.25, -0.2) is 0 Å². The van der Waals surface area contributed by atoms with Gasteiger partial charge in [0.05, 0.1) is 13.2 Å². The zero-order valence-corrected chi connectivity index (χ0v) is 22.4. The van der Waals surface area contributed by atoms with Gasteiger partial charge in [0.25, 0.3) is 0 Å². The van der Waals surface area contributed by atoms with Crippen LogP contribution < -0.4 is 4.74 Å². The maximum Gasteiger partial charge on any atom is 0.305 e. The summed E-state index contributed by atoms with van der Waals surface area (Å²) in [7, 11) is 0. The molecule has 0 fully saturated rings. The quantitative estimate of drug-likeness (QED) is 0.135. The normalized spacial score (nSPS) is 12.5. The van der Waals surface area contributed by atoms with Gasteiger partial charge in [-0.15, -0.1) is 0 Å². The minimum absolute atomic E-state index is 0.0211. The molecule has 1 aromatic rings. The zero-order valence-electron chi connectivity index (χ0n) is 22.4. The highest BCUT2D eigenvalue weighted by Gasteiger charge is 2.21. The van der Waals surface area contributed by atoms with Crippen LogP contribution in [0.2, 0.25) is 0 Å². The lowest BCUT2D eigenvalue weighted by molar-refractivity contribution is -0.147. The highest BCUT2D eigenvalue weighted by Crippen LogP contribution is 2.34.